The van der Waals surface area contributed by atoms with Crippen molar-refractivity contribution >= 4 is 17.6 Å². The van der Waals surface area contributed by atoms with Crippen molar-refractivity contribution in [3.8, 4) is 11.5 Å². The van der Waals surface area contributed by atoms with E-state index in [9.17, 15) is 4.79 Å². The third-order valence-electron chi connectivity index (χ3n) is 2.12. The number of halogens is 1. The molecule has 0 fully saturated rings. The smallest absolute Gasteiger partial charge is 0.310 e. The van der Waals surface area contributed by atoms with Gasteiger partial charge in [0, 0.05) is 11.1 Å². The van der Waals surface area contributed by atoms with Crippen molar-refractivity contribution in [3.63, 3.8) is 0 Å². The Kier molecular flexibility index (Phi) is 4.43. The molecular weight excluding hydrogens is 232 g/mol. The number of methoxy groups -OCH3 is 3. The van der Waals surface area contributed by atoms with Crippen LogP contribution in [0.1, 0.15) is 5.56 Å². The summed E-state index contributed by atoms with van der Waals surface area (Å²) in [5.74, 6) is 0.709. The second-order valence-corrected chi connectivity index (χ2v) is 3.46. The molecule has 0 spiro atoms. The van der Waals surface area contributed by atoms with E-state index in [1.165, 1.54) is 21.3 Å². The first kappa shape index (κ1) is 12.6. The number of ether oxygens (including phenoxy) is 3. The monoisotopic (exact) mass is 244 g/mol. The molecule has 0 aliphatic rings. The van der Waals surface area contributed by atoms with Crippen LogP contribution in [0.25, 0.3) is 0 Å². The number of esters is 1. The highest BCUT2D eigenvalue weighted by atomic mass is 35.5. The summed E-state index contributed by atoms with van der Waals surface area (Å²) >= 11 is 5.99. The molecule has 0 N–H and O–H groups in total. The van der Waals surface area contributed by atoms with Crippen molar-refractivity contribution in [1.82, 2.24) is 0 Å². The maximum atomic E-state index is 11.1. The summed E-state index contributed by atoms with van der Waals surface area (Å²) in [5, 5.41) is 0.447. The van der Waals surface area contributed by atoms with Gasteiger partial charge in [-0.1, -0.05) is 11.6 Å². The van der Waals surface area contributed by atoms with E-state index in [0.29, 0.717) is 22.1 Å². The maximum Gasteiger partial charge on any atom is 0.310 e. The van der Waals surface area contributed by atoms with Crippen LogP contribution >= 0.6 is 11.6 Å². The van der Waals surface area contributed by atoms with Crippen LogP contribution in [0, 0.1) is 0 Å². The first-order chi connectivity index (χ1) is 7.62. The van der Waals surface area contributed by atoms with Gasteiger partial charge in [-0.2, -0.15) is 0 Å². The van der Waals surface area contributed by atoms with Gasteiger partial charge in [0.2, 0.25) is 0 Å². The summed E-state index contributed by atoms with van der Waals surface area (Å²) < 4.78 is 14.8. The molecule has 0 aliphatic carbocycles. The largest absolute Gasteiger partial charge is 0.493 e. The minimum absolute atomic E-state index is 0.107. The van der Waals surface area contributed by atoms with Crippen molar-refractivity contribution in [3.05, 3.63) is 22.7 Å². The average Bonchev–Trinajstić information content (AvgIpc) is 2.30. The van der Waals surface area contributed by atoms with E-state index in [2.05, 4.69) is 4.74 Å². The van der Waals surface area contributed by atoms with Crippen LogP contribution in [-0.4, -0.2) is 27.3 Å². The van der Waals surface area contributed by atoms with Crippen molar-refractivity contribution in [2.24, 2.45) is 0 Å². The highest BCUT2D eigenvalue weighted by molar-refractivity contribution is 6.31. The van der Waals surface area contributed by atoms with Crippen molar-refractivity contribution in [2.75, 3.05) is 21.3 Å². The predicted molar refractivity (Wildman–Crippen MR) is 60.3 cm³/mol. The SMILES string of the molecule is COC(=O)Cc1cc(OC)c(OC)cc1Cl. The molecule has 0 saturated heterocycles. The minimum atomic E-state index is -0.353. The third kappa shape index (κ3) is 2.79. The lowest BCUT2D eigenvalue weighted by Gasteiger charge is -2.10. The molecule has 16 heavy (non-hydrogen) atoms. The second-order valence-electron chi connectivity index (χ2n) is 3.05. The lowest BCUT2D eigenvalue weighted by Crippen LogP contribution is -2.05. The lowest BCUT2D eigenvalue weighted by molar-refractivity contribution is -0.139. The Balaban J connectivity index is 3.06. The van der Waals surface area contributed by atoms with E-state index in [4.69, 9.17) is 21.1 Å². The molecule has 0 atom stereocenters. The first-order valence-electron chi connectivity index (χ1n) is 4.59. The van der Waals surface area contributed by atoms with Crippen molar-refractivity contribution < 1.29 is 19.0 Å². The van der Waals surface area contributed by atoms with E-state index in [-0.39, 0.29) is 12.4 Å². The Morgan fingerprint density at radius 1 is 1.19 bits per heavy atom. The number of hydrogen-bond donors (Lipinski definition) is 0. The van der Waals surface area contributed by atoms with Crippen LogP contribution in [0.15, 0.2) is 12.1 Å². The fourth-order valence-corrected chi connectivity index (χ4v) is 1.48. The van der Waals surface area contributed by atoms with E-state index < -0.39 is 0 Å². The number of carbonyl (C=O) groups excluding carboxylic acids is 1. The molecule has 0 unspecified atom stereocenters. The zero-order valence-corrected chi connectivity index (χ0v) is 10.1. The zero-order chi connectivity index (χ0) is 12.1. The predicted octanol–water partition coefficient (Wildman–Crippen LogP) is 2.07. The lowest BCUT2D eigenvalue weighted by atomic mass is 10.1. The van der Waals surface area contributed by atoms with Crippen LogP contribution in [0.3, 0.4) is 0 Å². The van der Waals surface area contributed by atoms with Crippen LogP contribution in [0.5, 0.6) is 11.5 Å². The molecule has 0 amide bonds. The quantitative estimate of drug-likeness (QED) is 0.761. The van der Waals surface area contributed by atoms with Gasteiger partial charge < -0.3 is 14.2 Å². The molecule has 1 aromatic carbocycles. The van der Waals surface area contributed by atoms with Crippen LogP contribution in [0.4, 0.5) is 0 Å². The van der Waals surface area contributed by atoms with E-state index >= 15 is 0 Å². The Morgan fingerprint density at radius 3 is 2.25 bits per heavy atom. The molecular formula is C11H13ClO4. The molecule has 88 valence electrons. The summed E-state index contributed by atoms with van der Waals surface area (Å²) in [7, 11) is 4.37. The summed E-state index contributed by atoms with van der Waals surface area (Å²) in [6.45, 7) is 0. The number of rotatable bonds is 4. The van der Waals surface area contributed by atoms with Gasteiger partial charge in [-0.25, -0.2) is 0 Å². The Labute approximate surface area is 99.1 Å². The molecule has 0 bridgehead atoms. The van der Waals surface area contributed by atoms with Gasteiger partial charge >= 0.3 is 5.97 Å². The molecule has 1 rings (SSSR count). The van der Waals surface area contributed by atoms with Crippen LogP contribution in [0.2, 0.25) is 5.02 Å². The molecule has 0 saturated carbocycles. The maximum absolute atomic E-state index is 11.1. The summed E-state index contributed by atoms with van der Waals surface area (Å²) in [6.07, 6.45) is 0.107. The summed E-state index contributed by atoms with van der Waals surface area (Å²) in [6, 6.07) is 3.27. The zero-order valence-electron chi connectivity index (χ0n) is 9.37. The van der Waals surface area contributed by atoms with Gasteiger partial charge in [0.15, 0.2) is 11.5 Å². The molecule has 0 aliphatic heterocycles. The van der Waals surface area contributed by atoms with Gasteiger partial charge in [0.1, 0.15) is 0 Å². The second kappa shape index (κ2) is 5.61. The van der Waals surface area contributed by atoms with Crippen molar-refractivity contribution in [2.45, 2.75) is 6.42 Å². The number of carbonyl (C=O) groups is 1. The number of benzene rings is 1. The molecule has 0 radical (unpaired) electrons. The molecule has 0 heterocycles. The molecule has 5 heteroatoms. The highest BCUT2D eigenvalue weighted by Gasteiger charge is 2.12. The highest BCUT2D eigenvalue weighted by Crippen LogP contribution is 2.33. The molecule has 4 nitrogen and oxygen atoms in total. The Hall–Kier alpha value is -1.42. The third-order valence-corrected chi connectivity index (χ3v) is 2.47. The van der Waals surface area contributed by atoms with E-state index in [1.54, 1.807) is 12.1 Å². The minimum Gasteiger partial charge on any atom is -0.493 e. The topological polar surface area (TPSA) is 44.8 Å². The first-order valence-corrected chi connectivity index (χ1v) is 4.97. The summed E-state index contributed by atoms with van der Waals surface area (Å²) in [5.41, 5.74) is 0.645. The van der Waals surface area contributed by atoms with Crippen LogP contribution in [-0.2, 0) is 16.0 Å². The van der Waals surface area contributed by atoms with E-state index in [1.807, 2.05) is 0 Å². The standard InChI is InChI=1S/C11H13ClO4/c1-14-9-4-7(5-11(13)16-3)8(12)6-10(9)15-2/h4,6H,5H2,1-3H3. The van der Waals surface area contributed by atoms with Gasteiger partial charge in [0.05, 0.1) is 27.8 Å². The molecule has 1 aromatic rings. The molecule has 0 aromatic heterocycles. The Bertz CT molecular complexity index is 390. The van der Waals surface area contributed by atoms with E-state index in [0.717, 1.165) is 0 Å². The van der Waals surface area contributed by atoms with Gasteiger partial charge in [0.25, 0.3) is 0 Å². The van der Waals surface area contributed by atoms with Gasteiger partial charge in [-0.15, -0.1) is 0 Å². The number of hydrogen-bond acceptors (Lipinski definition) is 4. The van der Waals surface area contributed by atoms with Crippen LogP contribution < -0.4 is 9.47 Å². The Morgan fingerprint density at radius 2 is 1.75 bits per heavy atom. The fraction of sp³-hybridized carbons (Fsp3) is 0.364. The van der Waals surface area contributed by atoms with Gasteiger partial charge in [-0.05, 0) is 11.6 Å². The fourth-order valence-electron chi connectivity index (χ4n) is 1.26. The average molecular weight is 245 g/mol. The van der Waals surface area contributed by atoms with Gasteiger partial charge in [-0.3, -0.25) is 4.79 Å². The normalized spacial score (nSPS) is 9.75. The summed E-state index contributed by atoms with van der Waals surface area (Å²) in [4.78, 5) is 11.1. The van der Waals surface area contributed by atoms with Crippen molar-refractivity contribution in [1.29, 1.82) is 0 Å².